The molecule has 0 aromatic carbocycles. The van der Waals surface area contributed by atoms with E-state index in [4.69, 9.17) is 5.11 Å². The number of aryl methyl sites for hydroxylation is 2. The fraction of sp³-hybridized carbons (Fsp3) is 0.353. The molecule has 3 rings (SSSR count). The van der Waals surface area contributed by atoms with Crippen molar-refractivity contribution in [2.75, 3.05) is 0 Å². The predicted molar refractivity (Wildman–Crippen MR) is 98.2 cm³/mol. The first-order valence-corrected chi connectivity index (χ1v) is 9.51. The minimum atomic E-state index is -0.849. The molecule has 0 unspecified atom stereocenters. The predicted octanol–water partition coefficient (Wildman–Crippen LogP) is 3.92. The molecular formula is C17H18N2O3S2. The number of carbonyl (C=O) groups is 1. The summed E-state index contributed by atoms with van der Waals surface area (Å²) in [6.07, 6.45) is 1.32. The van der Waals surface area contributed by atoms with E-state index in [1.165, 1.54) is 4.88 Å². The normalized spacial score (nSPS) is 11.2. The minimum absolute atomic E-state index is 0.0472. The number of hydrogen-bond donors (Lipinski definition) is 1. The van der Waals surface area contributed by atoms with Crippen LogP contribution in [0.1, 0.15) is 30.5 Å². The van der Waals surface area contributed by atoms with Gasteiger partial charge in [0.25, 0.3) is 5.56 Å². The zero-order chi connectivity index (χ0) is 17.3. The second-order valence-electron chi connectivity index (χ2n) is 5.52. The summed E-state index contributed by atoms with van der Waals surface area (Å²) in [6.45, 7) is 4.26. The lowest BCUT2D eigenvalue weighted by Gasteiger charge is -2.09. The van der Waals surface area contributed by atoms with Crippen LogP contribution in [0.25, 0.3) is 20.7 Å². The van der Waals surface area contributed by atoms with E-state index in [1.807, 2.05) is 17.5 Å². The molecule has 1 N–H and O–H groups in total. The maximum Gasteiger partial charge on any atom is 0.303 e. The number of aromatic nitrogens is 2. The van der Waals surface area contributed by atoms with E-state index in [0.29, 0.717) is 24.2 Å². The van der Waals surface area contributed by atoms with Crippen LogP contribution in [0, 0.1) is 6.92 Å². The molecule has 0 amide bonds. The second-order valence-corrected chi connectivity index (χ2v) is 7.56. The molecular weight excluding hydrogens is 344 g/mol. The molecule has 0 spiro atoms. The maximum atomic E-state index is 13.1. The number of nitrogens with zero attached hydrogens (tertiary/aromatic N) is 2. The lowest BCUT2D eigenvalue weighted by atomic mass is 10.1. The molecule has 0 radical (unpaired) electrons. The van der Waals surface area contributed by atoms with Crippen LogP contribution in [0.15, 0.2) is 22.3 Å². The van der Waals surface area contributed by atoms with Gasteiger partial charge in [0.2, 0.25) is 0 Å². The molecule has 0 saturated carbocycles. The first kappa shape index (κ1) is 16.9. The lowest BCUT2D eigenvalue weighted by molar-refractivity contribution is -0.137. The first-order chi connectivity index (χ1) is 11.5. The molecule has 0 aliphatic heterocycles. The Morgan fingerprint density at radius 1 is 1.42 bits per heavy atom. The number of carboxylic acid groups (broad SMARTS) is 1. The molecule has 24 heavy (non-hydrogen) atoms. The van der Waals surface area contributed by atoms with Crippen molar-refractivity contribution in [1.29, 1.82) is 0 Å². The number of fused-ring (bicyclic) bond motifs is 1. The zero-order valence-electron chi connectivity index (χ0n) is 13.5. The van der Waals surface area contributed by atoms with E-state index in [1.54, 1.807) is 34.2 Å². The van der Waals surface area contributed by atoms with Gasteiger partial charge in [0, 0.05) is 28.3 Å². The van der Waals surface area contributed by atoms with Gasteiger partial charge in [-0.1, -0.05) is 13.0 Å². The molecule has 3 aromatic heterocycles. The third-order valence-corrected chi connectivity index (χ3v) is 6.05. The number of aliphatic carboxylic acids is 1. The molecule has 0 aliphatic carbocycles. The van der Waals surface area contributed by atoms with Crippen LogP contribution in [-0.2, 0) is 17.8 Å². The summed E-state index contributed by atoms with van der Waals surface area (Å²) in [7, 11) is 0. The Hall–Kier alpha value is -1.99. The van der Waals surface area contributed by atoms with Crippen molar-refractivity contribution in [2.45, 2.75) is 39.7 Å². The topological polar surface area (TPSA) is 72.2 Å². The highest BCUT2D eigenvalue weighted by molar-refractivity contribution is 7.20. The van der Waals surface area contributed by atoms with Crippen molar-refractivity contribution in [1.82, 2.24) is 9.55 Å². The van der Waals surface area contributed by atoms with Crippen molar-refractivity contribution in [2.24, 2.45) is 0 Å². The third-order valence-electron chi connectivity index (χ3n) is 3.94. The first-order valence-electron chi connectivity index (χ1n) is 7.81. The van der Waals surface area contributed by atoms with Gasteiger partial charge in [0.15, 0.2) is 0 Å². The van der Waals surface area contributed by atoms with Crippen LogP contribution in [0.3, 0.4) is 0 Å². The average Bonchev–Trinajstić information content (AvgIpc) is 3.16. The monoisotopic (exact) mass is 362 g/mol. The Bertz CT molecular complexity index is 939. The van der Waals surface area contributed by atoms with Gasteiger partial charge in [0.1, 0.15) is 10.7 Å². The number of carboxylic acids is 1. The number of rotatable bonds is 6. The third kappa shape index (κ3) is 3.01. The van der Waals surface area contributed by atoms with Crippen molar-refractivity contribution < 1.29 is 9.90 Å². The van der Waals surface area contributed by atoms with Gasteiger partial charge in [-0.05, 0) is 31.2 Å². The molecule has 0 aliphatic rings. The van der Waals surface area contributed by atoms with E-state index in [-0.39, 0.29) is 12.0 Å². The summed E-state index contributed by atoms with van der Waals surface area (Å²) >= 11 is 3.19. The van der Waals surface area contributed by atoms with E-state index < -0.39 is 5.97 Å². The van der Waals surface area contributed by atoms with Gasteiger partial charge in [-0.3, -0.25) is 14.2 Å². The van der Waals surface area contributed by atoms with Crippen LogP contribution in [-0.4, -0.2) is 20.6 Å². The van der Waals surface area contributed by atoms with Crippen LogP contribution < -0.4 is 5.56 Å². The molecule has 0 bridgehead atoms. The second kappa shape index (κ2) is 6.86. The summed E-state index contributed by atoms with van der Waals surface area (Å²) in [4.78, 5) is 31.4. The Balaban J connectivity index is 2.17. The van der Waals surface area contributed by atoms with Gasteiger partial charge in [-0.25, -0.2) is 4.98 Å². The highest BCUT2D eigenvalue weighted by Crippen LogP contribution is 2.38. The van der Waals surface area contributed by atoms with Gasteiger partial charge in [-0.15, -0.1) is 22.7 Å². The van der Waals surface area contributed by atoms with E-state index in [2.05, 4.69) is 11.9 Å². The maximum absolute atomic E-state index is 13.1. The summed E-state index contributed by atoms with van der Waals surface area (Å²) in [6, 6.07) is 4.01. The Kier molecular flexibility index (Phi) is 4.82. The van der Waals surface area contributed by atoms with Crippen LogP contribution in [0.5, 0.6) is 0 Å². The lowest BCUT2D eigenvalue weighted by Crippen LogP contribution is -2.24. The van der Waals surface area contributed by atoms with Gasteiger partial charge < -0.3 is 5.11 Å². The molecule has 7 heteroatoms. The molecule has 0 fully saturated rings. The van der Waals surface area contributed by atoms with E-state index >= 15 is 0 Å². The molecule has 0 atom stereocenters. The number of hydrogen-bond acceptors (Lipinski definition) is 5. The average molecular weight is 362 g/mol. The fourth-order valence-corrected chi connectivity index (χ4v) is 4.84. The SMILES string of the molecule is CCc1sc2nc(C)n(CCCC(=O)O)c(=O)c2c1-c1cccs1. The smallest absolute Gasteiger partial charge is 0.303 e. The van der Waals surface area contributed by atoms with Crippen LogP contribution in [0.2, 0.25) is 0 Å². The largest absolute Gasteiger partial charge is 0.481 e. The summed E-state index contributed by atoms with van der Waals surface area (Å²) in [5.41, 5.74) is 0.930. The highest BCUT2D eigenvalue weighted by atomic mass is 32.1. The van der Waals surface area contributed by atoms with E-state index in [9.17, 15) is 9.59 Å². The summed E-state index contributed by atoms with van der Waals surface area (Å²) < 4.78 is 1.61. The number of thiophene rings is 2. The molecule has 3 heterocycles. The Labute approximate surface area is 147 Å². The molecule has 126 valence electrons. The van der Waals surface area contributed by atoms with Crippen LogP contribution >= 0.6 is 22.7 Å². The highest BCUT2D eigenvalue weighted by Gasteiger charge is 2.20. The Morgan fingerprint density at radius 3 is 2.83 bits per heavy atom. The van der Waals surface area contributed by atoms with Gasteiger partial charge >= 0.3 is 5.97 Å². The Morgan fingerprint density at radius 2 is 2.21 bits per heavy atom. The zero-order valence-corrected chi connectivity index (χ0v) is 15.2. The van der Waals surface area contributed by atoms with Crippen LogP contribution in [0.4, 0.5) is 0 Å². The standard InChI is InChI=1S/C17H18N2O3S2/c1-3-11-14(12-6-5-9-23-12)15-16(24-11)18-10(2)19(17(15)22)8-4-7-13(20)21/h5-6,9H,3-4,7-8H2,1-2H3,(H,20,21). The summed E-state index contributed by atoms with van der Waals surface area (Å²) in [5, 5.41) is 11.5. The molecule has 0 saturated heterocycles. The van der Waals surface area contributed by atoms with Crippen molar-refractivity contribution >= 4 is 38.9 Å². The fourth-order valence-electron chi connectivity index (χ4n) is 2.81. The van der Waals surface area contributed by atoms with Crippen molar-refractivity contribution in [3.63, 3.8) is 0 Å². The minimum Gasteiger partial charge on any atom is -0.481 e. The molecule has 3 aromatic rings. The van der Waals surface area contributed by atoms with Gasteiger partial charge in [-0.2, -0.15) is 0 Å². The van der Waals surface area contributed by atoms with Crippen molar-refractivity contribution in [3.05, 3.63) is 38.6 Å². The molecule has 5 nitrogen and oxygen atoms in total. The van der Waals surface area contributed by atoms with Gasteiger partial charge in [0.05, 0.1) is 5.39 Å². The summed E-state index contributed by atoms with van der Waals surface area (Å²) in [5.74, 6) is -0.211. The van der Waals surface area contributed by atoms with Crippen molar-refractivity contribution in [3.8, 4) is 10.4 Å². The quantitative estimate of drug-likeness (QED) is 0.721. The van der Waals surface area contributed by atoms with E-state index in [0.717, 1.165) is 21.7 Å².